The topological polar surface area (TPSA) is 103 Å². The van der Waals surface area contributed by atoms with E-state index in [2.05, 4.69) is 10.2 Å². The fraction of sp³-hybridized carbons (Fsp3) is 0.538. The van der Waals surface area contributed by atoms with Crippen LogP contribution in [0.5, 0.6) is 0 Å². The summed E-state index contributed by atoms with van der Waals surface area (Å²) in [7, 11) is 0. The summed E-state index contributed by atoms with van der Waals surface area (Å²) in [4.78, 5) is 36.3. The molecule has 2 N–H and O–H groups in total. The van der Waals surface area contributed by atoms with Gasteiger partial charge in [0.25, 0.3) is 11.5 Å². The highest BCUT2D eigenvalue weighted by atomic mass is 16.4. The number of rotatable bonds is 5. The van der Waals surface area contributed by atoms with E-state index >= 15 is 0 Å². The Hall–Kier alpha value is -2.18. The molecular formula is C13H19N3O4. The number of hydrogen-bond donors (Lipinski definition) is 2. The molecule has 0 aliphatic carbocycles. The van der Waals surface area contributed by atoms with Crippen LogP contribution < -0.4 is 5.56 Å². The standard InChI is InChI=1S/C13H19N3O4/c1-7(2)16(6-5-10(17)18)13(20)11-8(3)9(4)14-15-12(11)19/h7H,5-6H2,1-4H3,(H,15,19)(H,17,18). The third-order valence-corrected chi connectivity index (χ3v) is 3.13. The van der Waals surface area contributed by atoms with Crippen molar-refractivity contribution in [1.82, 2.24) is 15.1 Å². The number of amides is 1. The fourth-order valence-corrected chi connectivity index (χ4v) is 1.84. The van der Waals surface area contributed by atoms with Crippen LogP contribution in [0.15, 0.2) is 4.79 Å². The van der Waals surface area contributed by atoms with Crippen LogP contribution in [0.2, 0.25) is 0 Å². The minimum Gasteiger partial charge on any atom is -0.481 e. The van der Waals surface area contributed by atoms with Crippen molar-refractivity contribution < 1.29 is 14.7 Å². The van der Waals surface area contributed by atoms with Crippen LogP contribution in [0.4, 0.5) is 0 Å². The van der Waals surface area contributed by atoms with E-state index in [1.807, 2.05) is 0 Å². The van der Waals surface area contributed by atoms with Crippen molar-refractivity contribution in [3.63, 3.8) is 0 Å². The Morgan fingerprint density at radius 3 is 2.45 bits per heavy atom. The van der Waals surface area contributed by atoms with Crippen molar-refractivity contribution in [2.75, 3.05) is 6.54 Å². The van der Waals surface area contributed by atoms with Crippen molar-refractivity contribution in [3.8, 4) is 0 Å². The molecule has 1 rings (SSSR count). The Bertz CT molecular complexity index is 577. The summed E-state index contributed by atoms with van der Waals surface area (Å²) < 4.78 is 0. The van der Waals surface area contributed by atoms with E-state index in [0.717, 1.165) is 0 Å². The van der Waals surface area contributed by atoms with Crippen molar-refractivity contribution in [2.45, 2.75) is 40.2 Å². The second-order valence-corrected chi connectivity index (χ2v) is 4.87. The Labute approximate surface area is 116 Å². The molecule has 0 aromatic carbocycles. The number of aliphatic carboxylic acids is 1. The van der Waals surface area contributed by atoms with Crippen LogP contribution >= 0.6 is 0 Å². The zero-order chi connectivity index (χ0) is 15.4. The summed E-state index contributed by atoms with van der Waals surface area (Å²) >= 11 is 0. The quantitative estimate of drug-likeness (QED) is 0.827. The number of H-pyrrole nitrogens is 1. The first kappa shape index (κ1) is 15.9. The highest BCUT2D eigenvalue weighted by Gasteiger charge is 2.24. The van der Waals surface area contributed by atoms with Gasteiger partial charge in [0.05, 0.1) is 12.1 Å². The van der Waals surface area contributed by atoms with Crippen LogP contribution in [-0.2, 0) is 4.79 Å². The van der Waals surface area contributed by atoms with Gasteiger partial charge in [-0.15, -0.1) is 0 Å². The first-order valence-corrected chi connectivity index (χ1v) is 6.34. The first-order valence-electron chi connectivity index (χ1n) is 6.34. The van der Waals surface area contributed by atoms with E-state index in [4.69, 9.17) is 5.11 Å². The van der Waals surface area contributed by atoms with Gasteiger partial charge in [0.15, 0.2) is 0 Å². The van der Waals surface area contributed by atoms with Crippen LogP contribution in [0.25, 0.3) is 0 Å². The maximum absolute atomic E-state index is 12.5. The average Bonchev–Trinajstić information content (AvgIpc) is 2.34. The van der Waals surface area contributed by atoms with Crippen LogP contribution in [0.3, 0.4) is 0 Å². The van der Waals surface area contributed by atoms with Crippen LogP contribution in [0, 0.1) is 13.8 Å². The number of aromatic nitrogens is 2. The summed E-state index contributed by atoms with van der Waals surface area (Å²) in [5.74, 6) is -1.45. The average molecular weight is 281 g/mol. The van der Waals surface area contributed by atoms with Gasteiger partial charge in [0.2, 0.25) is 0 Å². The fourth-order valence-electron chi connectivity index (χ4n) is 1.84. The van der Waals surface area contributed by atoms with E-state index in [1.54, 1.807) is 27.7 Å². The molecule has 110 valence electrons. The molecule has 0 saturated carbocycles. The van der Waals surface area contributed by atoms with Crippen molar-refractivity contribution >= 4 is 11.9 Å². The second kappa shape index (κ2) is 6.31. The number of hydrogen-bond acceptors (Lipinski definition) is 4. The third kappa shape index (κ3) is 3.43. The molecule has 1 aromatic heterocycles. The van der Waals surface area contributed by atoms with Crippen molar-refractivity contribution in [1.29, 1.82) is 0 Å². The number of nitrogens with one attached hydrogen (secondary N) is 1. The van der Waals surface area contributed by atoms with E-state index < -0.39 is 17.4 Å². The summed E-state index contributed by atoms with van der Waals surface area (Å²) in [6.45, 7) is 6.96. The van der Waals surface area contributed by atoms with Gasteiger partial charge < -0.3 is 10.0 Å². The third-order valence-electron chi connectivity index (χ3n) is 3.13. The van der Waals surface area contributed by atoms with Crippen molar-refractivity contribution in [2.24, 2.45) is 0 Å². The highest BCUT2D eigenvalue weighted by Crippen LogP contribution is 2.11. The smallest absolute Gasteiger partial charge is 0.305 e. The second-order valence-electron chi connectivity index (χ2n) is 4.87. The molecule has 0 fully saturated rings. The zero-order valence-corrected chi connectivity index (χ0v) is 12.1. The van der Waals surface area contributed by atoms with Crippen LogP contribution in [0.1, 0.15) is 41.9 Å². The van der Waals surface area contributed by atoms with E-state index in [0.29, 0.717) is 11.3 Å². The molecule has 1 amide bonds. The maximum atomic E-state index is 12.5. The monoisotopic (exact) mass is 281 g/mol. The molecule has 1 aromatic rings. The molecular weight excluding hydrogens is 262 g/mol. The van der Waals surface area contributed by atoms with Gasteiger partial charge in [-0.3, -0.25) is 14.4 Å². The van der Waals surface area contributed by atoms with E-state index in [1.165, 1.54) is 4.90 Å². The SMILES string of the molecule is Cc1n[nH]c(=O)c(C(=O)N(CCC(=O)O)C(C)C)c1C. The molecule has 0 bridgehead atoms. The molecule has 0 aliphatic rings. The largest absolute Gasteiger partial charge is 0.481 e. The van der Waals surface area contributed by atoms with E-state index in [9.17, 15) is 14.4 Å². The van der Waals surface area contributed by atoms with Crippen molar-refractivity contribution in [3.05, 3.63) is 27.2 Å². The zero-order valence-electron chi connectivity index (χ0n) is 12.1. The number of carboxylic acid groups (broad SMARTS) is 1. The summed E-state index contributed by atoms with van der Waals surface area (Å²) in [6, 6.07) is -0.200. The molecule has 0 spiro atoms. The number of nitrogens with zero attached hydrogens (tertiary/aromatic N) is 2. The molecule has 0 radical (unpaired) electrons. The normalized spacial score (nSPS) is 10.7. The minimum atomic E-state index is -0.986. The molecule has 7 heteroatoms. The first-order chi connectivity index (χ1) is 9.25. The van der Waals surface area contributed by atoms with Gasteiger partial charge >= 0.3 is 5.97 Å². The number of carbonyl (C=O) groups excluding carboxylic acids is 1. The number of aromatic amines is 1. The minimum absolute atomic E-state index is 0.0246. The lowest BCUT2D eigenvalue weighted by Crippen LogP contribution is -2.41. The number of carboxylic acids is 1. The lowest BCUT2D eigenvalue weighted by Gasteiger charge is -2.26. The van der Waals surface area contributed by atoms with E-state index in [-0.39, 0.29) is 24.6 Å². The molecule has 0 atom stereocenters. The molecule has 7 nitrogen and oxygen atoms in total. The maximum Gasteiger partial charge on any atom is 0.305 e. The Morgan fingerprint density at radius 2 is 1.95 bits per heavy atom. The lowest BCUT2D eigenvalue weighted by molar-refractivity contribution is -0.137. The van der Waals surface area contributed by atoms with Gasteiger partial charge in [0.1, 0.15) is 5.56 Å². The number of carbonyl (C=O) groups is 2. The van der Waals surface area contributed by atoms with Gasteiger partial charge in [-0.25, -0.2) is 5.10 Å². The van der Waals surface area contributed by atoms with Gasteiger partial charge in [0, 0.05) is 12.6 Å². The Kier molecular flexibility index (Phi) is 5.01. The Morgan fingerprint density at radius 1 is 1.35 bits per heavy atom. The van der Waals surface area contributed by atoms with Gasteiger partial charge in [-0.2, -0.15) is 5.10 Å². The molecule has 0 aliphatic heterocycles. The predicted molar refractivity (Wildman–Crippen MR) is 72.8 cm³/mol. The molecule has 0 unspecified atom stereocenters. The molecule has 1 heterocycles. The highest BCUT2D eigenvalue weighted by molar-refractivity contribution is 5.95. The lowest BCUT2D eigenvalue weighted by atomic mass is 10.1. The summed E-state index contributed by atoms with van der Waals surface area (Å²) in [5, 5.41) is 14.8. The Balaban J connectivity index is 3.16. The number of aryl methyl sites for hydroxylation is 1. The summed E-state index contributed by atoms with van der Waals surface area (Å²) in [5.41, 5.74) is 0.547. The molecule has 20 heavy (non-hydrogen) atoms. The summed E-state index contributed by atoms with van der Waals surface area (Å²) in [6.07, 6.45) is -0.162. The predicted octanol–water partition coefficient (Wildman–Crippen LogP) is 0.712. The van der Waals surface area contributed by atoms with Crippen LogP contribution in [-0.4, -0.2) is 44.7 Å². The van der Waals surface area contributed by atoms with Gasteiger partial charge in [-0.1, -0.05) is 0 Å². The molecule has 0 saturated heterocycles. The van der Waals surface area contributed by atoms with Gasteiger partial charge in [-0.05, 0) is 33.3 Å².